The molecule has 0 spiro atoms. The second kappa shape index (κ2) is 8.11. The van der Waals surface area contributed by atoms with E-state index in [9.17, 15) is 26.4 Å². The van der Waals surface area contributed by atoms with Crippen LogP contribution < -0.4 is 10.6 Å². The van der Waals surface area contributed by atoms with Gasteiger partial charge >= 0.3 is 6.18 Å². The van der Waals surface area contributed by atoms with Crippen LogP contribution >= 0.6 is 0 Å². The number of sulfone groups is 1. The highest BCUT2D eigenvalue weighted by atomic mass is 32.2. The number of hydrogen-bond donors (Lipinski definition) is 2. The van der Waals surface area contributed by atoms with Crippen LogP contribution in [0.1, 0.15) is 58.9 Å². The minimum absolute atomic E-state index is 0.00651. The lowest BCUT2D eigenvalue weighted by atomic mass is 9.82. The first kappa shape index (κ1) is 24.6. The lowest BCUT2D eigenvalue weighted by Gasteiger charge is -2.41. The van der Waals surface area contributed by atoms with Crippen LogP contribution in [0.25, 0.3) is 0 Å². The van der Waals surface area contributed by atoms with E-state index in [0.29, 0.717) is 6.07 Å². The molecule has 1 saturated carbocycles. The molecular weight excluding hydrogens is 424 g/mol. The highest BCUT2D eigenvalue weighted by Crippen LogP contribution is 2.44. The first-order chi connectivity index (χ1) is 13.5. The molecule has 0 aromatic heterocycles. The molecule has 1 aromatic rings. The Morgan fingerprint density at radius 2 is 1.67 bits per heavy atom. The average molecular weight is 453 g/mol. The molecule has 1 aliphatic rings. The monoisotopic (exact) mass is 452 g/mol. The van der Waals surface area contributed by atoms with Crippen LogP contribution in [-0.4, -0.2) is 36.9 Å². The van der Waals surface area contributed by atoms with Gasteiger partial charge in [0.2, 0.25) is 20.7 Å². The minimum Gasteiger partial charge on any atom is -0.350 e. The molecule has 170 valence electrons. The lowest BCUT2D eigenvalue weighted by molar-refractivity contribution is -0.137. The van der Waals surface area contributed by atoms with E-state index in [-0.39, 0.29) is 38.1 Å². The van der Waals surface area contributed by atoms with Crippen molar-refractivity contribution >= 4 is 15.7 Å². The summed E-state index contributed by atoms with van der Waals surface area (Å²) in [4.78, 5) is 11.3. The summed E-state index contributed by atoms with van der Waals surface area (Å²) < 4.78 is 79.8. The number of benzene rings is 1. The normalized spacial score (nSPS) is 25.7. The lowest BCUT2D eigenvalue weighted by Crippen LogP contribution is -2.54. The number of carbonyl (C=O) groups excluding carboxylic acids is 1. The molecule has 1 aromatic carbocycles. The van der Waals surface area contributed by atoms with Crippen LogP contribution in [0.3, 0.4) is 0 Å². The Kier molecular flexibility index (Phi) is 6.64. The van der Waals surface area contributed by atoms with Gasteiger partial charge in [-0.3, -0.25) is 4.79 Å². The first-order valence-corrected chi connectivity index (χ1v) is 11.1. The average Bonchev–Trinajstić information content (AvgIpc) is 2.61. The Hall–Kier alpha value is -1.68. The van der Waals surface area contributed by atoms with Crippen LogP contribution in [0.15, 0.2) is 29.2 Å². The van der Waals surface area contributed by atoms with Crippen molar-refractivity contribution in [3.8, 4) is 0 Å². The molecule has 30 heavy (non-hydrogen) atoms. The highest BCUT2D eigenvalue weighted by Gasteiger charge is 2.50. The van der Waals surface area contributed by atoms with Crippen molar-refractivity contribution in [2.24, 2.45) is 0 Å². The molecular formula is C20H28F4N2O3S. The Morgan fingerprint density at radius 1 is 1.10 bits per heavy atom. The van der Waals surface area contributed by atoms with Crippen LogP contribution in [0, 0.1) is 0 Å². The van der Waals surface area contributed by atoms with Gasteiger partial charge in [-0.2, -0.15) is 13.2 Å². The van der Waals surface area contributed by atoms with Gasteiger partial charge in [-0.25, -0.2) is 12.8 Å². The van der Waals surface area contributed by atoms with Crippen molar-refractivity contribution in [3.05, 3.63) is 29.8 Å². The maximum absolute atomic E-state index is 15.5. The Bertz CT molecular complexity index is 884. The molecule has 0 aliphatic heterocycles. The zero-order chi connectivity index (χ0) is 23.0. The van der Waals surface area contributed by atoms with E-state index in [1.807, 2.05) is 20.8 Å². The maximum Gasteiger partial charge on any atom is 0.416 e. The third-order valence-corrected chi connectivity index (χ3v) is 7.49. The summed E-state index contributed by atoms with van der Waals surface area (Å²) in [6.45, 7) is 7.28. The van der Waals surface area contributed by atoms with Crippen molar-refractivity contribution < 1.29 is 30.8 Å². The fourth-order valence-corrected chi connectivity index (χ4v) is 5.13. The standard InChI is InChI=1S/C20H28F4N2O3S/c1-17(2,3)26-16(27)13-25-18(4)8-10-19(21,11-9-18)30(28,29)15-7-5-6-14(12-15)20(22,23)24/h5-7,12,25H,8-11,13H2,1-4H3,(H,26,27). The molecule has 10 heteroatoms. The van der Waals surface area contributed by atoms with Gasteiger partial charge in [-0.1, -0.05) is 6.07 Å². The number of halogens is 4. The molecule has 0 radical (unpaired) electrons. The van der Waals surface area contributed by atoms with Gasteiger partial charge < -0.3 is 10.6 Å². The van der Waals surface area contributed by atoms with Crippen LogP contribution in [0.4, 0.5) is 17.6 Å². The van der Waals surface area contributed by atoms with Crippen LogP contribution in [0.2, 0.25) is 0 Å². The molecule has 2 N–H and O–H groups in total. The van der Waals surface area contributed by atoms with E-state index in [1.54, 1.807) is 6.92 Å². The number of hydrogen-bond acceptors (Lipinski definition) is 4. The Morgan fingerprint density at radius 3 is 2.17 bits per heavy atom. The summed E-state index contributed by atoms with van der Waals surface area (Å²) in [7, 11) is -4.62. The number of amides is 1. The molecule has 0 heterocycles. The van der Waals surface area contributed by atoms with Crippen molar-refractivity contribution in [1.82, 2.24) is 10.6 Å². The van der Waals surface area contributed by atoms with Crippen molar-refractivity contribution in [2.75, 3.05) is 6.54 Å². The molecule has 2 rings (SSSR count). The second-order valence-electron chi connectivity index (χ2n) is 9.12. The van der Waals surface area contributed by atoms with Crippen molar-refractivity contribution in [1.29, 1.82) is 0 Å². The molecule has 1 amide bonds. The number of alkyl halides is 4. The van der Waals surface area contributed by atoms with E-state index in [1.165, 1.54) is 0 Å². The van der Waals surface area contributed by atoms with Gasteiger partial charge in [0, 0.05) is 11.1 Å². The fourth-order valence-electron chi connectivity index (χ4n) is 3.43. The molecule has 0 atom stereocenters. The second-order valence-corrected chi connectivity index (χ2v) is 11.3. The van der Waals surface area contributed by atoms with Crippen molar-refractivity contribution in [2.45, 2.75) is 80.5 Å². The Labute approximate surface area is 174 Å². The molecule has 0 bridgehead atoms. The summed E-state index contributed by atoms with van der Waals surface area (Å²) in [6, 6.07) is 3.16. The summed E-state index contributed by atoms with van der Waals surface area (Å²) in [6.07, 6.45) is -5.25. The fraction of sp³-hybridized carbons (Fsp3) is 0.650. The smallest absolute Gasteiger partial charge is 0.350 e. The number of rotatable bonds is 5. The maximum atomic E-state index is 15.5. The zero-order valence-corrected chi connectivity index (χ0v) is 18.3. The molecule has 5 nitrogen and oxygen atoms in total. The van der Waals surface area contributed by atoms with E-state index in [2.05, 4.69) is 10.6 Å². The predicted molar refractivity (Wildman–Crippen MR) is 105 cm³/mol. The van der Waals surface area contributed by atoms with Crippen LogP contribution in [0.5, 0.6) is 0 Å². The Balaban J connectivity index is 2.10. The summed E-state index contributed by atoms with van der Waals surface area (Å²) >= 11 is 0. The SMILES string of the molecule is CC(C)(C)NC(=O)CNC1(C)CCC(F)(S(=O)(=O)c2cccc(C(F)(F)F)c2)CC1. The van der Waals surface area contributed by atoms with Gasteiger partial charge in [0.1, 0.15) is 0 Å². The van der Waals surface area contributed by atoms with E-state index >= 15 is 4.39 Å². The van der Waals surface area contributed by atoms with Gasteiger partial charge in [-0.15, -0.1) is 0 Å². The third-order valence-electron chi connectivity index (χ3n) is 5.24. The summed E-state index contributed by atoms with van der Waals surface area (Å²) in [5.74, 6) is -0.239. The summed E-state index contributed by atoms with van der Waals surface area (Å²) in [5, 5.41) is 3.19. The van der Waals surface area contributed by atoms with E-state index in [0.717, 1.165) is 18.2 Å². The van der Waals surface area contributed by atoms with Gasteiger partial charge in [0.05, 0.1) is 17.0 Å². The van der Waals surface area contributed by atoms with E-state index < -0.39 is 42.6 Å². The molecule has 1 fully saturated rings. The molecule has 0 unspecified atom stereocenters. The van der Waals surface area contributed by atoms with Gasteiger partial charge in [-0.05, 0) is 71.6 Å². The van der Waals surface area contributed by atoms with Crippen LogP contribution in [-0.2, 0) is 20.8 Å². The zero-order valence-electron chi connectivity index (χ0n) is 17.5. The highest BCUT2D eigenvalue weighted by molar-refractivity contribution is 7.92. The molecule has 1 aliphatic carbocycles. The topological polar surface area (TPSA) is 75.3 Å². The predicted octanol–water partition coefficient (Wildman–Crippen LogP) is 3.98. The largest absolute Gasteiger partial charge is 0.416 e. The molecule has 0 saturated heterocycles. The van der Waals surface area contributed by atoms with Gasteiger partial charge in [0.15, 0.2) is 0 Å². The number of nitrogens with one attached hydrogen (secondary N) is 2. The summed E-state index contributed by atoms with van der Waals surface area (Å²) in [5.41, 5.74) is -2.20. The third kappa shape index (κ3) is 5.72. The quantitative estimate of drug-likeness (QED) is 0.663. The van der Waals surface area contributed by atoms with E-state index in [4.69, 9.17) is 0 Å². The van der Waals surface area contributed by atoms with Gasteiger partial charge in [0.25, 0.3) is 0 Å². The van der Waals surface area contributed by atoms with Crippen molar-refractivity contribution in [3.63, 3.8) is 0 Å². The minimum atomic E-state index is -4.72. The first-order valence-electron chi connectivity index (χ1n) is 9.64. The number of carbonyl (C=O) groups is 1.